The van der Waals surface area contributed by atoms with Gasteiger partial charge in [-0.1, -0.05) is 26.2 Å². The molecule has 2 heterocycles. The third-order valence-corrected chi connectivity index (χ3v) is 11.2. The molecule has 7 amide bonds. The quantitative estimate of drug-likeness (QED) is 0.0342. The molecule has 0 spiro atoms. The molecule has 2 fully saturated rings. The summed E-state index contributed by atoms with van der Waals surface area (Å²) in [6.07, 6.45) is -10.6. The summed E-state index contributed by atoms with van der Waals surface area (Å²) in [5.41, 5.74) is 0. The van der Waals surface area contributed by atoms with Crippen LogP contribution in [0.5, 0.6) is 0 Å². The van der Waals surface area contributed by atoms with E-state index in [2.05, 4.69) is 37.2 Å². The van der Waals surface area contributed by atoms with E-state index in [1.165, 1.54) is 48.7 Å². The number of aliphatic carboxylic acids is 2. The molecule has 0 aromatic rings. The van der Waals surface area contributed by atoms with Crippen LogP contribution < -0.4 is 47.4 Å². The molecule has 16 atom stereocenters. The maximum Gasteiger partial charge on any atom is 0.249 e. The molecule has 0 bridgehead atoms. The maximum atomic E-state index is 13.6. The van der Waals surface area contributed by atoms with Crippen LogP contribution in [0.4, 0.5) is 0 Å². The van der Waals surface area contributed by atoms with Gasteiger partial charge in [0.2, 0.25) is 41.4 Å². The Kier molecular flexibility index (Phi) is 24.7. The summed E-state index contributed by atoms with van der Waals surface area (Å²) in [4.78, 5) is 113. The lowest BCUT2D eigenvalue weighted by atomic mass is 9.91. The maximum absolute atomic E-state index is 13.6. The van der Waals surface area contributed by atoms with Crippen LogP contribution in [-0.2, 0) is 66.8 Å². The Morgan fingerprint density at radius 2 is 1.19 bits per heavy atom. The van der Waals surface area contributed by atoms with E-state index in [9.17, 15) is 68.7 Å². The fourth-order valence-corrected chi connectivity index (χ4v) is 7.47. The van der Waals surface area contributed by atoms with E-state index in [1.54, 1.807) is 6.92 Å². The number of carboxylic acids is 2. The molecule has 10 N–H and O–H groups in total. The number of methoxy groups -OCH3 is 1. The Morgan fingerprint density at radius 3 is 1.72 bits per heavy atom. The highest BCUT2D eigenvalue weighted by Crippen LogP contribution is 2.32. The van der Waals surface area contributed by atoms with Gasteiger partial charge in [-0.3, -0.25) is 33.6 Å². The lowest BCUT2D eigenvalue weighted by Gasteiger charge is -2.49. The number of aliphatic hydroxyl groups excluding tert-OH is 3. The number of carbonyl (C=O) groups is 9. The van der Waals surface area contributed by atoms with E-state index in [1.807, 2.05) is 6.92 Å². The van der Waals surface area contributed by atoms with E-state index >= 15 is 0 Å². The molecule has 0 radical (unpaired) electrons. The molecule has 26 nitrogen and oxygen atoms in total. The topological polar surface area (TPSA) is 391 Å². The molecule has 0 aromatic carbocycles. The van der Waals surface area contributed by atoms with Crippen LogP contribution in [0.15, 0.2) is 0 Å². The van der Waals surface area contributed by atoms with Gasteiger partial charge in [-0.2, -0.15) is 0 Å². The molecule has 0 saturated carbocycles. The smallest absolute Gasteiger partial charge is 0.249 e. The lowest BCUT2D eigenvalue weighted by Crippen LogP contribution is -2.69. The van der Waals surface area contributed by atoms with Crippen LogP contribution in [0.25, 0.3) is 0 Å². The second-order valence-corrected chi connectivity index (χ2v) is 16.8. The van der Waals surface area contributed by atoms with Crippen LogP contribution in [0.2, 0.25) is 0 Å². The molecule has 68 heavy (non-hydrogen) atoms. The SMILES string of the molecule is CCCCC[C@H](NC(=O)CC[C@@H](NC(=O)[C@H](C)NC(=O)[C@@H](C)O[C@H]1C(O[C@@H]2O[C@H](CO)[C@@H](OC)[C@H](O)[C@H]2NC(C)=O)[C@@H](CO)OC(C)[C@@H]1NC(C)=O)C(=O)[O-])C(=O)N[C@H](C)C(=O)N[C@H](C)C(=O)[O-]. The Balaban J connectivity index is 2.21. The van der Waals surface area contributed by atoms with E-state index in [0.717, 1.165) is 6.42 Å². The first-order valence-corrected chi connectivity index (χ1v) is 22.4. The van der Waals surface area contributed by atoms with Crippen LogP contribution >= 0.6 is 0 Å². The summed E-state index contributed by atoms with van der Waals surface area (Å²) in [6.45, 7) is 9.47. The monoisotopic (exact) mass is 975 g/mol. The summed E-state index contributed by atoms with van der Waals surface area (Å²) in [7, 11) is 1.26. The van der Waals surface area contributed by atoms with E-state index in [0.29, 0.717) is 12.8 Å². The first-order valence-electron chi connectivity index (χ1n) is 22.4. The number of carboxylic acid groups (broad SMARTS) is 2. The lowest BCUT2D eigenvalue weighted by molar-refractivity contribution is -0.320. The van der Waals surface area contributed by atoms with Crippen LogP contribution in [0.1, 0.15) is 93.9 Å². The first kappa shape index (κ1) is 59.0. The fraction of sp³-hybridized carbons (Fsp3) is 0.786. The van der Waals surface area contributed by atoms with Crippen molar-refractivity contribution in [3.63, 3.8) is 0 Å². The average Bonchev–Trinajstić information content (AvgIpc) is 3.26. The summed E-state index contributed by atoms with van der Waals surface area (Å²) in [6, 6.07) is -9.29. The predicted molar refractivity (Wildman–Crippen MR) is 228 cm³/mol. The standard InChI is InChI=1S/C42H71N7O19/c1-10-11-12-13-25(39(59)44-18(2)36(56)45-20(4)40(60)61)48-29(54)15-14-26(41(62)63)49-37(57)19(3)43-38(58)22(6)66-35-30(46-23(7)52)21(5)65-28(17-51)34(35)68-42-31(47-24(8)53)32(55)33(64-9)27(16-50)67-42/h18-22,25-28,30-35,42,50-51,55H,10-17H2,1-9H3,(H,43,58)(H,44,59)(H,45,56)(H,46,52)(H,47,53)(H,48,54)(H,49,57)(H,60,61)(H,62,63)/p-2/t18-,19+,20-,21?,22-,25+,26-,27-,28-,30+,31-,32-,33-,34?,35-,42+/m1/s1. The van der Waals surface area contributed by atoms with Gasteiger partial charge in [0.15, 0.2) is 6.29 Å². The number of hydrogen-bond acceptors (Lipinski definition) is 19. The Hall–Kier alpha value is -5.09. The highest BCUT2D eigenvalue weighted by Gasteiger charge is 2.52. The van der Waals surface area contributed by atoms with Crippen molar-refractivity contribution >= 4 is 53.3 Å². The van der Waals surface area contributed by atoms with Crippen molar-refractivity contribution in [2.75, 3.05) is 20.3 Å². The molecular formula is C42H69N7O19-2. The highest BCUT2D eigenvalue weighted by molar-refractivity contribution is 5.93. The average molecular weight is 976 g/mol. The molecule has 2 unspecified atom stereocenters. The van der Waals surface area contributed by atoms with Crippen LogP contribution in [-0.4, -0.2) is 186 Å². The number of unbranched alkanes of at least 4 members (excludes halogenated alkanes) is 2. The van der Waals surface area contributed by atoms with Gasteiger partial charge in [-0.05, 0) is 47.5 Å². The van der Waals surface area contributed by atoms with Gasteiger partial charge < -0.3 is 96.0 Å². The minimum Gasteiger partial charge on any atom is -0.548 e. The number of rotatable bonds is 27. The fourth-order valence-electron chi connectivity index (χ4n) is 7.47. The minimum absolute atomic E-state index is 0.144. The van der Waals surface area contributed by atoms with E-state index in [4.69, 9.17) is 23.7 Å². The van der Waals surface area contributed by atoms with Crippen molar-refractivity contribution in [2.45, 2.75) is 191 Å². The number of hydrogen-bond donors (Lipinski definition) is 10. The van der Waals surface area contributed by atoms with Gasteiger partial charge in [0, 0.05) is 27.4 Å². The summed E-state index contributed by atoms with van der Waals surface area (Å²) >= 11 is 0. The van der Waals surface area contributed by atoms with Crippen molar-refractivity contribution in [3.8, 4) is 0 Å². The van der Waals surface area contributed by atoms with Gasteiger partial charge in [0.1, 0.15) is 66.9 Å². The summed E-state index contributed by atoms with van der Waals surface area (Å²) in [5.74, 6) is -8.77. The van der Waals surface area contributed by atoms with Crippen LogP contribution in [0.3, 0.4) is 0 Å². The Labute approximate surface area is 394 Å². The van der Waals surface area contributed by atoms with Crippen LogP contribution in [0, 0.1) is 0 Å². The third-order valence-electron chi connectivity index (χ3n) is 11.2. The van der Waals surface area contributed by atoms with Gasteiger partial charge in [-0.25, -0.2) is 0 Å². The third kappa shape index (κ3) is 17.8. The van der Waals surface area contributed by atoms with Crippen molar-refractivity contribution in [1.82, 2.24) is 37.2 Å². The van der Waals surface area contributed by atoms with Gasteiger partial charge in [0.05, 0.1) is 49.4 Å². The molecule has 388 valence electrons. The van der Waals surface area contributed by atoms with Crippen molar-refractivity contribution < 1.29 is 92.4 Å². The molecule has 2 rings (SSSR count). The Bertz CT molecular complexity index is 1740. The summed E-state index contributed by atoms with van der Waals surface area (Å²) < 4.78 is 29.6. The number of nitrogens with one attached hydrogen (secondary N) is 7. The van der Waals surface area contributed by atoms with E-state index in [-0.39, 0.29) is 6.42 Å². The van der Waals surface area contributed by atoms with Crippen molar-refractivity contribution in [3.05, 3.63) is 0 Å². The number of ether oxygens (including phenoxy) is 5. The van der Waals surface area contributed by atoms with Gasteiger partial charge in [0.25, 0.3) is 0 Å². The van der Waals surface area contributed by atoms with Gasteiger partial charge >= 0.3 is 0 Å². The zero-order chi connectivity index (χ0) is 51.6. The number of carbonyl (C=O) groups excluding carboxylic acids is 9. The Morgan fingerprint density at radius 1 is 0.647 bits per heavy atom. The van der Waals surface area contributed by atoms with Crippen molar-refractivity contribution in [1.29, 1.82) is 0 Å². The number of aliphatic hydroxyl groups is 3. The summed E-state index contributed by atoms with van der Waals surface area (Å²) in [5, 5.41) is 71.6. The van der Waals surface area contributed by atoms with Gasteiger partial charge in [-0.15, -0.1) is 0 Å². The van der Waals surface area contributed by atoms with Crippen molar-refractivity contribution in [2.24, 2.45) is 0 Å². The normalized spacial score (nSPS) is 27.4. The number of amides is 7. The minimum atomic E-state index is -1.77. The highest BCUT2D eigenvalue weighted by atomic mass is 16.7. The zero-order valence-electron chi connectivity index (χ0n) is 39.8. The zero-order valence-corrected chi connectivity index (χ0v) is 39.8. The van der Waals surface area contributed by atoms with E-state index < -0.39 is 177 Å². The molecule has 0 aromatic heterocycles. The molecule has 2 saturated heterocycles. The largest absolute Gasteiger partial charge is 0.548 e. The second-order valence-electron chi connectivity index (χ2n) is 16.8. The first-order chi connectivity index (χ1) is 31.9. The molecule has 26 heteroatoms. The predicted octanol–water partition coefficient (Wildman–Crippen LogP) is -6.63. The molecular weight excluding hydrogens is 906 g/mol. The molecule has 2 aliphatic rings. The molecule has 2 aliphatic heterocycles. The second kappa shape index (κ2) is 28.4. The molecule has 0 aliphatic carbocycles.